The molecule has 1 aliphatic rings. The van der Waals surface area contributed by atoms with E-state index in [0.717, 1.165) is 41.7 Å². The van der Waals surface area contributed by atoms with Crippen molar-refractivity contribution in [3.63, 3.8) is 0 Å². The molecule has 17 heavy (non-hydrogen) atoms. The molecule has 3 nitrogen and oxygen atoms in total. The predicted molar refractivity (Wildman–Crippen MR) is 72.3 cm³/mol. The van der Waals surface area contributed by atoms with E-state index in [0.29, 0.717) is 6.10 Å². The van der Waals surface area contributed by atoms with Gasteiger partial charge in [0.15, 0.2) is 0 Å². The van der Waals surface area contributed by atoms with Crippen LogP contribution < -0.4 is 4.90 Å². The van der Waals surface area contributed by atoms with Gasteiger partial charge in [-0.05, 0) is 31.0 Å². The first-order chi connectivity index (χ1) is 8.24. The van der Waals surface area contributed by atoms with Crippen molar-refractivity contribution in [3.8, 4) is 0 Å². The van der Waals surface area contributed by atoms with Gasteiger partial charge in [0.25, 0.3) is 0 Å². The second-order valence-electron chi connectivity index (χ2n) is 4.35. The molecular formula is C13H18BrNO2. The minimum atomic E-state index is 0.0823. The molecule has 2 rings (SSSR count). The van der Waals surface area contributed by atoms with Crippen LogP contribution in [0.4, 0.5) is 5.69 Å². The van der Waals surface area contributed by atoms with Crippen molar-refractivity contribution in [3.05, 3.63) is 28.2 Å². The molecule has 1 aromatic rings. The zero-order chi connectivity index (χ0) is 12.3. The lowest BCUT2D eigenvalue weighted by Crippen LogP contribution is -2.37. The van der Waals surface area contributed by atoms with Crippen molar-refractivity contribution in [2.45, 2.75) is 25.6 Å². The molecule has 1 N–H and O–H groups in total. The Bertz CT molecular complexity index is 376. The van der Waals surface area contributed by atoms with Crippen LogP contribution in [0.2, 0.25) is 0 Å². The number of aliphatic hydroxyl groups excluding tert-OH is 1. The Labute approximate surface area is 111 Å². The molecule has 0 atom stereocenters. The molecule has 1 aliphatic heterocycles. The second-order valence-corrected chi connectivity index (χ2v) is 5.27. The van der Waals surface area contributed by atoms with Crippen molar-refractivity contribution in [1.82, 2.24) is 0 Å². The zero-order valence-corrected chi connectivity index (χ0v) is 11.6. The lowest BCUT2D eigenvalue weighted by atomic mass is 10.1. The number of hydrogen-bond donors (Lipinski definition) is 1. The first-order valence-electron chi connectivity index (χ1n) is 5.91. The number of rotatable bonds is 3. The number of methoxy groups -OCH3 is 1. The molecule has 1 aromatic carbocycles. The Morgan fingerprint density at radius 3 is 2.71 bits per heavy atom. The summed E-state index contributed by atoms with van der Waals surface area (Å²) in [6.07, 6.45) is 2.49. The summed E-state index contributed by atoms with van der Waals surface area (Å²) in [6.45, 7) is 2.07. The zero-order valence-electron chi connectivity index (χ0n) is 10.0. The summed E-state index contributed by atoms with van der Waals surface area (Å²) in [5.41, 5.74) is 2.13. The van der Waals surface area contributed by atoms with Crippen LogP contribution in [-0.4, -0.2) is 31.4 Å². The van der Waals surface area contributed by atoms with Gasteiger partial charge in [0, 0.05) is 35.9 Å². The number of anilines is 1. The average molecular weight is 300 g/mol. The molecule has 0 radical (unpaired) electrons. The topological polar surface area (TPSA) is 32.7 Å². The molecule has 4 heteroatoms. The van der Waals surface area contributed by atoms with Crippen LogP contribution in [0.5, 0.6) is 0 Å². The summed E-state index contributed by atoms with van der Waals surface area (Å²) in [6, 6.07) is 6.08. The van der Waals surface area contributed by atoms with Gasteiger partial charge >= 0.3 is 0 Å². The molecule has 0 amide bonds. The van der Waals surface area contributed by atoms with Crippen molar-refractivity contribution >= 4 is 21.6 Å². The number of aliphatic hydroxyl groups is 1. The quantitative estimate of drug-likeness (QED) is 0.931. The molecule has 0 saturated carbocycles. The number of nitrogens with zero attached hydrogens (tertiary/aromatic N) is 1. The molecule has 1 saturated heterocycles. The second kappa shape index (κ2) is 5.85. The van der Waals surface area contributed by atoms with Crippen LogP contribution in [0.3, 0.4) is 0 Å². The molecule has 0 aliphatic carbocycles. The Kier molecular flexibility index (Phi) is 4.42. The molecular weight excluding hydrogens is 282 g/mol. The highest BCUT2D eigenvalue weighted by atomic mass is 79.9. The molecule has 94 valence electrons. The lowest BCUT2D eigenvalue weighted by molar-refractivity contribution is 0.0818. The number of halogens is 1. The Morgan fingerprint density at radius 2 is 2.12 bits per heavy atom. The Morgan fingerprint density at radius 1 is 1.41 bits per heavy atom. The minimum Gasteiger partial charge on any atom is -0.392 e. The average Bonchev–Trinajstić information content (AvgIpc) is 2.39. The summed E-state index contributed by atoms with van der Waals surface area (Å²) in [5.74, 6) is 0. The predicted octanol–water partition coefficient (Wildman–Crippen LogP) is 2.56. The van der Waals surface area contributed by atoms with Gasteiger partial charge in [-0.2, -0.15) is 0 Å². The highest BCUT2D eigenvalue weighted by Crippen LogP contribution is 2.27. The summed E-state index contributed by atoms with van der Waals surface area (Å²) in [4.78, 5) is 2.33. The van der Waals surface area contributed by atoms with E-state index in [-0.39, 0.29) is 6.61 Å². The highest BCUT2D eigenvalue weighted by Gasteiger charge is 2.20. The van der Waals surface area contributed by atoms with Gasteiger partial charge in [-0.15, -0.1) is 0 Å². The Hall–Kier alpha value is -0.580. The van der Waals surface area contributed by atoms with Gasteiger partial charge in [-0.1, -0.05) is 15.9 Å². The normalized spacial score (nSPS) is 17.5. The molecule has 0 unspecified atom stereocenters. The van der Waals surface area contributed by atoms with E-state index in [1.807, 2.05) is 12.1 Å². The van der Waals surface area contributed by atoms with Gasteiger partial charge in [0.2, 0.25) is 0 Å². The van der Waals surface area contributed by atoms with Gasteiger partial charge in [-0.25, -0.2) is 0 Å². The van der Waals surface area contributed by atoms with Crippen LogP contribution >= 0.6 is 15.9 Å². The largest absolute Gasteiger partial charge is 0.392 e. The SMILES string of the molecule is COC1CCN(c2ccc(Br)cc2CO)CC1. The van der Waals surface area contributed by atoms with E-state index in [9.17, 15) is 5.11 Å². The van der Waals surface area contributed by atoms with Crippen LogP contribution in [0.25, 0.3) is 0 Å². The van der Waals surface area contributed by atoms with Crippen molar-refractivity contribution in [2.75, 3.05) is 25.1 Å². The van der Waals surface area contributed by atoms with E-state index in [4.69, 9.17) is 4.74 Å². The van der Waals surface area contributed by atoms with Gasteiger partial charge in [0.1, 0.15) is 0 Å². The van der Waals surface area contributed by atoms with Gasteiger partial charge in [-0.3, -0.25) is 0 Å². The molecule has 1 fully saturated rings. The molecule has 0 aromatic heterocycles. The van der Waals surface area contributed by atoms with E-state index in [1.165, 1.54) is 0 Å². The lowest BCUT2D eigenvalue weighted by Gasteiger charge is -2.34. The first-order valence-corrected chi connectivity index (χ1v) is 6.71. The standard InChI is InChI=1S/C13H18BrNO2/c1-17-12-4-6-15(7-5-12)13-3-2-11(14)8-10(13)9-16/h2-3,8,12,16H,4-7,9H2,1H3. The fourth-order valence-electron chi connectivity index (χ4n) is 2.32. The number of hydrogen-bond acceptors (Lipinski definition) is 3. The molecule has 0 bridgehead atoms. The highest BCUT2D eigenvalue weighted by molar-refractivity contribution is 9.10. The van der Waals surface area contributed by atoms with Gasteiger partial charge < -0.3 is 14.7 Å². The first kappa shape index (κ1) is 12.9. The van der Waals surface area contributed by atoms with Crippen molar-refractivity contribution < 1.29 is 9.84 Å². The third-order valence-corrected chi connectivity index (χ3v) is 3.82. The fraction of sp³-hybridized carbons (Fsp3) is 0.538. The maximum Gasteiger partial charge on any atom is 0.0702 e. The minimum absolute atomic E-state index is 0.0823. The number of benzene rings is 1. The summed E-state index contributed by atoms with van der Waals surface area (Å²) < 4.78 is 6.38. The van der Waals surface area contributed by atoms with Crippen LogP contribution in [-0.2, 0) is 11.3 Å². The maximum absolute atomic E-state index is 9.40. The van der Waals surface area contributed by atoms with E-state index in [1.54, 1.807) is 7.11 Å². The summed E-state index contributed by atoms with van der Waals surface area (Å²) >= 11 is 3.43. The van der Waals surface area contributed by atoms with Crippen molar-refractivity contribution in [1.29, 1.82) is 0 Å². The maximum atomic E-state index is 9.40. The summed E-state index contributed by atoms with van der Waals surface area (Å²) in [5, 5.41) is 9.40. The van der Waals surface area contributed by atoms with E-state index >= 15 is 0 Å². The van der Waals surface area contributed by atoms with E-state index in [2.05, 4.69) is 26.9 Å². The number of piperidine rings is 1. The van der Waals surface area contributed by atoms with Crippen LogP contribution in [0.15, 0.2) is 22.7 Å². The molecule has 1 heterocycles. The van der Waals surface area contributed by atoms with Crippen LogP contribution in [0.1, 0.15) is 18.4 Å². The summed E-state index contributed by atoms with van der Waals surface area (Å²) in [7, 11) is 1.78. The Balaban J connectivity index is 2.12. The third-order valence-electron chi connectivity index (χ3n) is 3.33. The third kappa shape index (κ3) is 3.00. The smallest absolute Gasteiger partial charge is 0.0702 e. The van der Waals surface area contributed by atoms with Gasteiger partial charge in [0.05, 0.1) is 12.7 Å². The fourth-order valence-corrected chi connectivity index (χ4v) is 2.73. The molecule has 0 spiro atoms. The number of ether oxygens (including phenoxy) is 1. The van der Waals surface area contributed by atoms with Crippen molar-refractivity contribution in [2.24, 2.45) is 0 Å². The van der Waals surface area contributed by atoms with E-state index < -0.39 is 0 Å². The monoisotopic (exact) mass is 299 g/mol. The van der Waals surface area contributed by atoms with Crippen LogP contribution in [0, 0.1) is 0 Å².